The first kappa shape index (κ1) is 18.5. The van der Waals surface area contributed by atoms with Crippen LogP contribution < -0.4 is 10.2 Å². The van der Waals surface area contributed by atoms with Crippen molar-refractivity contribution in [1.29, 1.82) is 0 Å². The normalized spacial score (nSPS) is 21.7. The summed E-state index contributed by atoms with van der Waals surface area (Å²) in [5.74, 6) is 2.63. The van der Waals surface area contributed by atoms with Crippen molar-refractivity contribution < 1.29 is 0 Å². The zero-order valence-electron chi connectivity index (χ0n) is 16.8. The van der Waals surface area contributed by atoms with Gasteiger partial charge in [0.1, 0.15) is 5.82 Å². The molecule has 0 radical (unpaired) electrons. The molecule has 2 aliphatic heterocycles. The van der Waals surface area contributed by atoms with Crippen LogP contribution in [0.5, 0.6) is 0 Å². The summed E-state index contributed by atoms with van der Waals surface area (Å²) in [4.78, 5) is 14.9. The lowest BCUT2D eigenvalue weighted by Gasteiger charge is -2.24. The van der Waals surface area contributed by atoms with Crippen molar-refractivity contribution in [3.63, 3.8) is 0 Å². The van der Waals surface area contributed by atoms with Crippen LogP contribution >= 0.6 is 0 Å². The average Bonchev–Trinajstić information content (AvgIpc) is 2.92. The molecule has 0 aliphatic carbocycles. The minimum Gasteiger partial charge on any atom is -0.356 e. The van der Waals surface area contributed by atoms with Crippen LogP contribution in [0.15, 0.2) is 24.3 Å². The number of fused-ring (bicyclic) bond motifs is 1. The van der Waals surface area contributed by atoms with E-state index in [-0.39, 0.29) is 0 Å². The van der Waals surface area contributed by atoms with E-state index < -0.39 is 0 Å². The first-order chi connectivity index (χ1) is 13.2. The molecule has 27 heavy (non-hydrogen) atoms. The summed E-state index contributed by atoms with van der Waals surface area (Å²) in [6.45, 7) is 10.2. The van der Waals surface area contributed by atoms with Crippen molar-refractivity contribution >= 4 is 22.7 Å². The Kier molecular flexibility index (Phi) is 5.77. The summed E-state index contributed by atoms with van der Waals surface area (Å²) in [5.41, 5.74) is 1.05. The van der Waals surface area contributed by atoms with Crippen LogP contribution in [0.4, 0.5) is 11.8 Å². The van der Waals surface area contributed by atoms with E-state index in [1.54, 1.807) is 0 Å². The molecule has 3 heterocycles. The van der Waals surface area contributed by atoms with Crippen LogP contribution in [0, 0.1) is 5.92 Å². The van der Waals surface area contributed by atoms with Crippen molar-refractivity contribution in [3.8, 4) is 0 Å². The molecule has 0 unspecified atom stereocenters. The van der Waals surface area contributed by atoms with Gasteiger partial charge < -0.3 is 15.1 Å². The molecule has 2 aromatic rings. The average molecular weight is 368 g/mol. The SMILES string of the molecule is CC(C)CN1CC[C@H](Nc2nc(N3CCCCCC3)c3ccccc3n2)C1. The smallest absolute Gasteiger partial charge is 0.225 e. The highest BCUT2D eigenvalue weighted by atomic mass is 15.3. The summed E-state index contributed by atoms with van der Waals surface area (Å²) in [6, 6.07) is 8.90. The molecule has 2 aliphatic rings. The van der Waals surface area contributed by atoms with Gasteiger partial charge in [-0.05, 0) is 37.3 Å². The highest BCUT2D eigenvalue weighted by Gasteiger charge is 2.24. The van der Waals surface area contributed by atoms with Gasteiger partial charge in [0.2, 0.25) is 5.95 Å². The number of benzene rings is 1. The fourth-order valence-corrected chi connectivity index (χ4v) is 4.46. The Morgan fingerprint density at radius 2 is 1.81 bits per heavy atom. The largest absolute Gasteiger partial charge is 0.356 e. The first-order valence-electron chi connectivity index (χ1n) is 10.7. The molecule has 0 amide bonds. The van der Waals surface area contributed by atoms with Gasteiger partial charge >= 0.3 is 0 Å². The Morgan fingerprint density at radius 1 is 1.04 bits per heavy atom. The zero-order valence-corrected chi connectivity index (χ0v) is 16.8. The Labute approximate surface area is 163 Å². The van der Waals surface area contributed by atoms with Crippen molar-refractivity contribution in [3.05, 3.63) is 24.3 Å². The first-order valence-corrected chi connectivity index (χ1v) is 10.7. The van der Waals surface area contributed by atoms with Gasteiger partial charge in [0, 0.05) is 44.2 Å². The van der Waals surface area contributed by atoms with E-state index in [1.807, 2.05) is 0 Å². The molecule has 2 fully saturated rings. The summed E-state index contributed by atoms with van der Waals surface area (Å²) in [6.07, 6.45) is 6.35. The molecule has 2 saturated heterocycles. The van der Waals surface area contributed by atoms with E-state index in [0.717, 1.165) is 42.8 Å². The molecular formula is C22H33N5. The van der Waals surface area contributed by atoms with Gasteiger partial charge in [0.25, 0.3) is 0 Å². The second kappa shape index (κ2) is 8.42. The van der Waals surface area contributed by atoms with Crippen LogP contribution in [0.25, 0.3) is 10.9 Å². The summed E-state index contributed by atoms with van der Waals surface area (Å²) < 4.78 is 0. The molecule has 1 N–H and O–H groups in total. The van der Waals surface area contributed by atoms with E-state index in [0.29, 0.717) is 6.04 Å². The Morgan fingerprint density at radius 3 is 2.59 bits per heavy atom. The number of anilines is 2. The predicted octanol–water partition coefficient (Wildman–Crippen LogP) is 4.15. The number of para-hydroxylation sites is 1. The zero-order chi connectivity index (χ0) is 18.6. The van der Waals surface area contributed by atoms with E-state index in [2.05, 4.69) is 53.2 Å². The second-order valence-electron chi connectivity index (χ2n) is 8.57. The molecule has 1 aromatic carbocycles. The molecule has 0 saturated carbocycles. The monoisotopic (exact) mass is 367 g/mol. The number of rotatable bonds is 5. The van der Waals surface area contributed by atoms with Gasteiger partial charge in [-0.2, -0.15) is 4.98 Å². The van der Waals surface area contributed by atoms with Crippen molar-refractivity contribution in [2.45, 2.75) is 52.0 Å². The minimum absolute atomic E-state index is 0.446. The summed E-state index contributed by atoms with van der Waals surface area (Å²) in [7, 11) is 0. The lowest BCUT2D eigenvalue weighted by Crippen LogP contribution is -2.30. The van der Waals surface area contributed by atoms with E-state index in [9.17, 15) is 0 Å². The number of hydrogen-bond donors (Lipinski definition) is 1. The number of nitrogens with zero attached hydrogens (tertiary/aromatic N) is 4. The maximum Gasteiger partial charge on any atom is 0.225 e. The summed E-state index contributed by atoms with van der Waals surface area (Å²) >= 11 is 0. The fraction of sp³-hybridized carbons (Fsp3) is 0.636. The Hall–Kier alpha value is -1.88. The van der Waals surface area contributed by atoms with Gasteiger partial charge in [0.05, 0.1) is 5.52 Å². The molecule has 0 bridgehead atoms. The lowest BCUT2D eigenvalue weighted by atomic mass is 10.2. The lowest BCUT2D eigenvalue weighted by molar-refractivity contribution is 0.296. The van der Waals surface area contributed by atoms with Gasteiger partial charge in [-0.1, -0.05) is 38.8 Å². The highest BCUT2D eigenvalue weighted by Crippen LogP contribution is 2.28. The van der Waals surface area contributed by atoms with Crippen molar-refractivity contribution in [2.75, 3.05) is 42.9 Å². The predicted molar refractivity (Wildman–Crippen MR) is 114 cm³/mol. The molecular weight excluding hydrogens is 334 g/mol. The maximum atomic E-state index is 5.00. The third kappa shape index (κ3) is 4.52. The van der Waals surface area contributed by atoms with E-state index in [1.165, 1.54) is 50.6 Å². The standard InChI is InChI=1S/C22H33N5/c1-17(2)15-26-14-11-18(16-26)23-22-24-20-10-6-5-9-19(20)21(25-22)27-12-7-3-4-8-13-27/h5-6,9-10,17-18H,3-4,7-8,11-16H2,1-2H3,(H,23,24,25)/t18-/m0/s1. The highest BCUT2D eigenvalue weighted by molar-refractivity contribution is 5.90. The van der Waals surface area contributed by atoms with Gasteiger partial charge in [-0.3, -0.25) is 0 Å². The van der Waals surface area contributed by atoms with Crippen LogP contribution in [0.3, 0.4) is 0 Å². The molecule has 1 atom stereocenters. The Balaban J connectivity index is 1.56. The third-order valence-electron chi connectivity index (χ3n) is 5.72. The maximum absolute atomic E-state index is 5.00. The van der Waals surface area contributed by atoms with E-state index >= 15 is 0 Å². The van der Waals surface area contributed by atoms with E-state index in [4.69, 9.17) is 9.97 Å². The number of nitrogens with one attached hydrogen (secondary N) is 1. The van der Waals surface area contributed by atoms with Gasteiger partial charge in [-0.15, -0.1) is 0 Å². The van der Waals surface area contributed by atoms with Crippen molar-refractivity contribution in [1.82, 2.24) is 14.9 Å². The molecule has 1 aromatic heterocycles. The molecule has 4 rings (SSSR count). The quantitative estimate of drug-likeness (QED) is 0.860. The molecule has 146 valence electrons. The van der Waals surface area contributed by atoms with Crippen molar-refractivity contribution in [2.24, 2.45) is 5.92 Å². The fourth-order valence-electron chi connectivity index (χ4n) is 4.46. The third-order valence-corrected chi connectivity index (χ3v) is 5.72. The van der Waals surface area contributed by atoms with Gasteiger partial charge in [-0.25, -0.2) is 4.98 Å². The Bertz CT molecular complexity index is 751. The topological polar surface area (TPSA) is 44.3 Å². The van der Waals surface area contributed by atoms with Crippen LogP contribution in [-0.4, -0.2) is 53.6 Å². The second-order valence-corrected chi connectivity index (χ2v) is 8.57. The number of hydrogen-bond acceptors (Lipinski definition) is 5. The number of likely N-dealkylation sites (tertiary alicyclic amines) is 1. The van der Waals surface area contributed by atoms with Crippen LogP contribution in [0.2, 0.25) is 0 Å². The number of aromatic nitrogens is 2. The van der Waals surface area contributed by atoms with Gasteiger partial charge in [0.15, 0.2) is 0 Å². The van der Waals surface area contributed by atoms with Crippen LogP contribution in [-0.2, 0) is 0 Å². The van der Waals surface area contributed by atoms with Crippen LogP contribution in [0.1, 0.15) is 46.0 Å². The minimum atomic E-state index is 0.446. The molecule has 5 nitrogen and oxygen atoms in total. The summed E-state index contributed by atoms with van der Waals surface area (Å²) in [5, 5.41) is 4.82. The molecule has 0 spiro atoms. The molecule has 5 heteroatoms.